The van der Waals surface area contributed by atoms with Gasteiger partial charge in [0, 0.05) is 34.6 Å². The van der Waals surface area contributed by atoms with Crippen molar-refractivity contribution >= 4 is 39.7 Å². The maximum Gasteiger partial charge on any atom is 0.258 e. The van der Waals surface area contributed by atoms with Crippen LogP contribution in [0.25, 0.3) is 16.3 Å². The van der Waals surface area contributed by atoms with Crippen LogP contribution in [0.1, 0.15) is 5.69 Å². The fourth-order valence-corrected chi connectivity index (χ4v) is 3.94. The Kier molecular flexibility index (Phi) is 5.03. The van der Waals surface area contributed by atoms with Gasteiger partial charge in [-0.2, -0.15) is 0 Å². The molecule has 9 heteroatoms. The molecule has 27 heavy (non-hydrogen) atoms. The number of hydrogen-bond donors (Lipinski definition) is 1. The molecule has 0 radical (unpaired) electrons. The van der Waals surface area contributed by atoms with E-state index in [0.29, 0.717) is 27.9 Å². The van der Waals surface area contributed by atoms with Gasteiger partial charge in [-0.05, 0) is 24.3 Å². The number of fused-ring (bicyclic) bond motifs is 1. The smallest absolute Gasteiger partial charge is 0.258 e. The highest BCUT2D eigenvalue weighted by Crippen LogP contribution is 2.21. The molecule has 0 aliphatic heterocycles. The van der Waals surface area contributed by atoms with Crippen LogP contribution in [-0.2, 0) is 10.5 Å². The molecule has 3 heterocycles. The highest BCUT2D eigenvalue weighted by molar-refractivity contribution is 7.99. The van der Waals surface area contributed by atoms with Crippen molar-refractivity contribution in [2.24, 2.45) is 0 Å². The fourth-order valence-electron chi connectivity index (χ4n) is 2.48. The number of aromatic nitrogens is 3. The SMILES string of the molecule is O=C(CSCc1cc(=O)n2ccsc2n1)Nc1ccc(-c2cnco2)cc1. The van der Waals surface area contributed by atoms with Crippen molar-refractivity contribution in [2.45, 2.75) is 5.75 Å². The van der Waals surface area contributed by atoms with E-state index in [4.69, 9.17) is 4.42 Å². The Morgan fingerprint density at radius 3 is 2.93 bits per heavy atom. The lowest BCUT2D eigenvalue weighted by Crippen LogP contribution is -2.15. The summed E-state index contributed by atoms with van der Waals surface area (Å²) in [6, 6.07) is 8.85. The van der Waals surface area contributed by atoms with Gasteiger partial charge < -0.3 is 9.73 Å². The van der Waals surface area contributed by atoms with Gasteiger partial charge >= 0.3 is 0 Å². The van der Waals surface area contributed by atoms with Gasteiger partial charge in [-0.3, -0.25) is 14.0 Å². The number of rotatable bonds is 6. The van der Waals surface area contributed by atoms with Crippen LogP contribution in [0, 0.1) is 0 Å². The van der Waals surface area contributed by atoms with E-state index >= 15 is 0 Å². The van der Waals surface area contributed by atoms with Crippen LogP contribution in [0.5, 0.6) is 0 Å². The molecule has 0 aliphatic rings. The van der Waals surface area contributed by atoms with Crippen LogP contribution in [-0.4, -0.2) is 26.0 Å². The number of anilines is 1. The van der Waals surface area contributed by atoms with Crippen LogP contribution in [0.3, 0.4) is 0 Å². The zero-order valence-corrected chi connectivity index (χ0v) is 15.6. The van der Waals surface area contributed by atoms with Crippen molar-refractivity contribution < 1.29 is 9.21 Å². The second kappa shape index (κ2) is 7.77. The third-order valence-electron chi connectivity index (χ3n) is 3.72. The molecule has 0 unspecified atom stereocenters. The molecule has 7 nitrogen and oxygen atoms in total. The number of oxazole rings is 1. The van der Waals surface area contributed by atoms with Gasteiger partial charge in [0.05, 0.1) is 17.6 Å². The number of nitrogens with one attached hydrogen (secondary N) is 1. The summed E-state index contributed by atoms with van der Waals surface area (Å²) in [5.74, 6) is 1.34. The van der Waals surface area contributed by atoms with Gasteiger partial charge in [-0.15, -0.1) is 23.1 Å². The molecule has 4 rings (SSSR count). The number of thioether (sulfide) groups is 1. The molecule has 0 saturated heterocycles. The standard InChI is InChI=1S/C18H14N4O3S2/c23-16(20-13-3-1-12(2-4-13)15-8-19-11-25-15)10-26-9-14-7-17(24)22-5-6-27-18(22)21-14/h1-8,11H,9-10H2,(H,20,23). The van der Waals surface area contributed by atoms with Gasteiger partial charge in [-0.1, -0.05) is 0 Å². The van der Waals surface area contributed by atoms with E-state index in [1.165, 1.54) is 40.0 Å². The number of benzene rings is 1. The Balaban J connectivity index is 1.31. The maximum absolute atomic E-state index is 12.1. The molecule has 0 aliphatic carbocycles. The molecule has 1 aromatic carbocycles. The van der Waals surface area contributed by atoms with Gasteiger partial charge in [0.1, 0.15) is 0 Å². The van der Waals surface area contributed by atoms with E-state index in [1.807, 2.05) is 29.6 Å². The number of hydrogen-bond acceptors (Lipinski definition) is 7. The molecule has 0 bridgehead atoms. The van der Waals surface area contributed by atoms with Crippen molar-refractivity contribution in [2.75, 3.05) is 11.1 Å². The average molecular weight is 398 g/mol. The van der Waals surface area contributed by atoms with Gasteiger partial charge in [0.2, 0.25) is 5.91 Å². The van der Waals surface area contributed by atoms with E-state index in [0.717, 1.165) is 5.56 Å². The normalized spacial score (nSPS) is 11.0. The molecular weight excluding hydrogens is 384 g/mol. The summed E-state index contributed by atoms with van der Waals surface area (Å²) < 4.78 is 6.74. The van der Waals surface area contributed by atoms with Crippen LogP contribution in [0.15, 0.2) is 63.7 Å². The first-order valence-corrected chi connectivity index (χ1v) is 10.0. The summed E-state index contributed by atoms with van der Waals surface area (Å²) in [7, 11) is 0. The summed E-state index contributed by atoms with van der Waals surface area (Å²) in [4.78, 5) is 33.0. The van der Waals surface area contributed by atoms with Crippen molar-refractivity contribution in [1.82, 2.24) is 14.4 Å². The first-order valence-electron chi connectivity index (χ1n) is 8.01. The molecule has 4 aromatic rings. The third-order valence-corrected chi connectivity index (χ3v) is 5.45. The Bertz CT molecular complexity index is 1120. The topological polar surface area (TPSA) is 89.5 Å². The average Bonchev–Trinajstić information content (AvgIpc) is 3.34. The van der Waals surface area contributed by atoms with Crippen LogP contribution < -0.4 is 10.9 Å². The van der Waals surface area contributed by atoms with E-state index in [9.17, 15) is 9.59 Å². The number of nitrogens with zero attached hydrogens (tertiary/aromatic N) is 3. The van der Waals surface area contributed by atoms with E-state index in [-0.39, 0.29) is 17.2 Å². The zero-order valence-electron chi connectivity index (χ0n) is 14.0. The van der Waals surface area contributed by atoms with E-state index in [2.05, 4.69) is 15.3 Å². The number of carbonyl (C=O) groups is 1. The van der Waals surface area contributed by atoms with Crippen molar-refractivity contribution in [3.8, 4) is 11.3 Å². The van der Waals surface area contributed by atoms with Crippen molar-refractivity contribution in [3.05, 3.63) is 70.5 Å². The number of amides is 1. The predicted molar refractivity (Wildman–Crippen MR) is 106 cm³/mol. The predicted octanol–water partition coefficient (Wildman–Crippen LogP) is 3.28. The van der Waals surface area contributed by atoms with Crippen LogP contribution in [0.2, 0.25) is 0 Å². The molecule has 136 valence electrons. The van der Waals surface area contributed by atoms with Crippen molar-refractivity contribution in [1.29, 1.82) is 0 Å². The highest BCUT2D eigenvalue weighted by atomic mass is 32.2. The summed E-state index contributed by atoms with van der Waals surface area (Å²) in [6.45, 7) is 0. The first-order chi connectivity index (χ1) is 13.2. The minimum absolute atomic E-state index is 0.104. The van der Waals surface area contributed by atoms with Crippen LogP contribution in [0.4, 0.5) is 5.69 Å². The summed E-state index contributed by atoms with van der Waals surface area (Å²) in [6.07, 6.45) is 4.72. The number of carbonyl (C=O) groups excluding carboxylic acids is 1. The molecule has 0 saturated carbocycles. The Hall–Kier alpha value is -2.91. The monoisotopic (exact) mass is 398 g/mol. The molecule has 0 spiro atoms. The minimum Gasteiger partial charge on any atom is -0.444 e. The lowest BCUT2D eigenvalue weighted by atomic mass is 10.2. The maximum atomic E-state index is 12.1. The molecule has 0 atom stereocenters. The quantitative estimate of drug-likeness (QED) is 0.536. The second-order valence-corrected chi connectivity index (χ2v) is 7.48. The summed E-state index contributed by atoms with van der Waals surface area (Å²) in [5.41, 5.74) is 2.17. The lowest BCUT2D eigenvalue weighted by Gasteiger charge is -2.06. The largest absolute Gasteiger partial charge is 0.444 e. The van der Waals surface area contributed by atoms with E-state index in [1.54, 1.807) is 12.4 Å². The van der Waals surface area contributed by atoms with Crippen LogP contribution >= 0.6 is 23.1 Å². The highest BCUT2D eigenvalue weighted by Gasteiger charge is 2.07. The third kappa shape index (κ3) is 4.09. The van der Waals surface area contributed by atoms with E-state index < -0.39 is 0 Å². The summed E-state index contributed by atoms with van der Waals surface area (Å²) >= 11 is 2.82. The Morgan fingerprint density at radius 2 is 2.15 bits per heavy atom. The fraction of sp³-hybridized carbons (Fsp3) is 0.111. The summed E-state index contributed by atoms with van der Waals surface area (Å²) in [5, 5.41) is 4.67. The van der Waals surface area contributed by atoms with Crippen molar-refractivity contribution in [3.63, 3.8) is 0 Å². The van der Waals surface area contributed by atoms with Gasteiger partial charge in [0.15, 0.2) is 17.1 Å². The molecular formula is C18H14N4O3S2. The van der Waals surface area contributed by atoms with Gasteiger partial charge in [-0.25, -0.2) is 9.97 Å². The first kappa shape index (κ1) is 17.5. The minimum atomic E-state index is -0.110. The number of thiazole rings is 1. The lowest BCUT2D eigenvalue weighted by molar-refractivity contribution is -0.113. The molecule has 1 amide bonds. The Morgan fingerprint density at radius 1 is 1.30 bits per heavy atom. The molecule has 0 fully saturated rings. The zero-order chi connectivity index (χ0) is 18.6. The van der Waals surface area contributed by atoms with Gasteiger partial charge in [0.25, 0.3) is 5.56 Å². The molecule has 3 aromatic heterocycles. The second-order valence-electron chi connectivity index (χ2n) is 5.63. The Labute approximate surface area is 162 Å². The molecule has 1 N–H and O–H groups in total.